The average Bonchev–Trinajstić information content (AvgIpc) is 2.28. The molecule has 0 aliphatic carbocycles. The Bertz CT molecular complexity index is 279. The number of likely N-dealkylation sites (tertiary alicyclic amines) is 2. The molecule has 0 aromatic heterocycles. The Morgan fingerprint density at radius 2 is 2.18 bits per heavy atom. The number of piperidine rings is 2. The molecular weight excluding hydrogens is 212 g/mol. The summed E-state index contributed by atoms with van der Waals surface area (Å²) in [5, 5.41) is 7.40. The van der Waals surface area contributed by atoms with Crippen molar-refractivity contribution < 1.29 is 0 Å². The molecule has 3 N–H and O–H groups in total. The summed E-state index contributed by atoms with van der Waals surface area (Å²) in [7, 11) is 2.27. The Morgan fingerprint density at radius 1 is 1.41 bits per heavy atom. The smallest absolute Gasteiger partial charge is 0.0920 e. The zero-order chi connectivity index (χ0) is 12.4. The molecule has 2 fully saturated rings. The van der Waals surface area contributed by atoms with Crippen LogP contribution in [0.4, 0.5) is 0 Å². The van der Waals surface area contributed by atoms with Crippen LogP contribution in [0.25, 0.3) is 0 Å². The van der Waals surface area contributed by atoms with Crippen molar-refractivity contribution in [2.45, 2.75) is 44.7 Å². The lowest BCUT2D eigenvalue weighted by Crippen LogP contribution is -2.54. The number of nitrogens with two attached hydrogens (primary N) is 1. The van der Waals surface area contributed by atoms with Crippen LogP contribution in [0, 0.1) is 11.3 Å². The maximum atomic E-state index is 7.40. The molecule has 0 bridgehead atoms. The van der Waals surface area contributed by atoms with Crippen molar-refractivity contribution in [3.63, 3.8) is 0 Å². The number of amidine groups is 1. The summed E-state index contributed by atoms with van der Waals surface area (Å²) in [6, 6.07) is 1.23. The monoisotopic (exact) mass is 238 g/mol. The van der Waals surface area contributed by atoms with Gasteiger partial charge in [-0.3, -0.25) is 10.3 Å². The highest BCUT2D eigenvalue weighted by Crippen LogP contribution is 2.30. The van der Waals surface area contributed by atoms with E-state index in [1.54, 1.807) is 0 Å². The van der Waals surface area contributed by atoms with Crippen LogP contribution in [0.2, 0.25) is 0 Å². The van der Waals surface area contributed by atoms with Crippen molar-refractivity contribution in [3.8, 4) is 0 Å². The lowest BCUT2D eigenvalue weighted by Gasteiger charge is -2.47. The molecule has 0 spiro atoms. The lowest BCUT2D eigenvalue weighted by molar-refractivity contribution is 0.0244. The van der Waals surface area contributed by atoms with Gasteiger partial charge in [0.05, 0.1) is 5.84 Å². The lowest BCUT2D eigenvalue weighted by atomic mass is 9.83. The van der Waals surface area contributed by atoms with Gasteiger partial charge in [0.2, 0.25) is 0 Å². The van der Waals surface area contributed by atoms with Gasteiger partial charge in [-0.1, -0.05) is 0 Å². The molecule has 2 aliphatic heterocycles. The van der Waals surface area contributed by atoms with Crippen LogP contribution in [-0.4, -0.2) is 54.4 Å². The molecule has 3 unspecified atom stereocenters. The molecule has 17 heavy (non-hydrogen) atoms. The van der Waals surface area contributed by atoms with E-state index in [0.29, 0.717) is 18.3 Å². The minimum atomic E-state index is 0.320. The Hall–Kier alpha value is -0.610. The van der Waals surface area contributed by atoms with Gasteiger partial charge in [-0.05, 0) is 52.2 Å². The molecule has 0 aromatic rings. The zero-order valence-electron chi connectivity index (χ0n) is 11.2. The summed E-state index contributed by atoms with van der Waals surface area (Å²) in [5.41, 5.74) is 5.50. The minimum Gasteiger partial charge on any atom is -0.388 e. The highest BCUT2D eigenvalue weighted by molar-refractivity contribution is 5.77. The van der Waals surface area contributed by atoms with Gasteiger partial charge in [0, 0.05) is 25.0 Å². The van der Waals surface area contributed by atoms with Crippen LogP contribution in [0.1, 0.15) is 32.6 Å². The number of rotatable bonds is 3. The van der Waals surface area contributed by atoms with E-state index in [4.69, 9.17) is 11.1 Å². The van der Waals surface area contributed by atoms with Crippen molar-refractivity contribution in [1.82, 2.24) is 9.80 Å². The van der Waals surface area contributed by atoms with Crippen molar-refractivity contribution in [2.24, 2.45) is 11.7 Å². The molecule has 2 rings (SSSR count). The number of fused-ring (bicyclic) bond motifs is 1. The largest absolute Gasteiger partial charge is 0.388 e. The first-order valence-corrected chi connectivity index (χ1v) is 6.85. The van der Waals surface area contributed by atoms with E-state index in [1.165, 1.54) is 38.9 Å². The first-order valence-electron chi connectivity index (χ1n) is 6.85. The van der Waals surface area contributed by atoms with Gasteiger partial charge in [0.1, 0.15) is 0 Å². The van der Waals surface area contributed by atoms with Gasteiger partial charge < -0.3 is 10.6 Å². The maximum Gasteiger partial charge on any atom is 0.0920 e. The molecule has 0 amide bonds. The fraction of sp³-hybridized carbons (Fsp3) is 0.923. The third-order valence-electron chi connectivity index (χ3n) is 4.52. The Balaban J connectivity index is 1.90. The quantitative estimate of drug-likeness (QED) is 0.572. The minimum absolute atomic E-state index is 0.320. The third-order valence-corrected chi connectivity index (χ3v) is 4.52. The van der Waals surface area contributed by atoms with Crippen LogP contribution in [0.3, 0.4) is 0 Å². The molecule has 0 aromatic carbocycles. The summed E-state index contributed by atoms with van der Waals surface area (Å²) in [6.07, 6.45) is 4.71. The molecular formula is C13H26N4. The molecule has 98 valence electrons. The van der Waals surface area contributed by atoms with Gasteiger partial charge in [0.25, 0.3) is 0 Å². The fourth-order valence-corrected chi connectivity index (χ4v) is 3.53. The second-order valence-corrected chi connectivity index (χ2v) is 5.81. The summed E-state index contributed by atoms with van der Waals surface area (Å²) in [4.78, 5) is 5.07. The normalized spacial score (nSPS) is 33.1. The number of hydrogen-bond acceptors (Lipinski definition) is 3. The first kappa shape index (κ1) is 12.8. The van der Waals surface area contributed by atoms with Crippen molar-refractivity contribution in [2.75, 3.05) is 26.7 Å². The fourth-order valence-electron chi connectivity index (χ4n) is 3.53. The predicted octanol–water partition coefficient (Wildman–Crippen LogP) is 1.12. The Labute approximate surface area is 105 Å². The van der Waals surface area contributed by atoms with E-state index >= 15 is 0 Å². The summed E-state index contributed by atoms with van der Waals surface area (Å²) in [5.74, 6) is 1.15. The van der Waals surface area contributed by atoms with Gasteiger partial charge in [-0.15, -0.1) is 0 Å². The van der Waals surface area contributed by atoms with E-state index in [-0.39, 0.29) is 0 Å². The van der Waals surface area contributed by atoms with E-state index in [0.717, 1.165) is 12.0 Å². The third kappa shape index (κ3) is 2.99. The molecule has 4 heteroatoms. The predicted molar refractivity (Wildman–Crippen MR) is 71.3 cm³/mol. The highest BCUT2D eigenvalue weighted by Gasteiger charge is 2.35. The standard InChI is InChI=1S/C13H26N4/c1-10(8-13(14)15)17-7-5-12-11(9-17)4-3-6-16(12)2/h10-12H,3-9H2,1-2H3,(H3,14,15). The van der Waals surface area contributed by atoms with E-state index in [1.807, 2.05) is 0 Å². The summed E-state index contributed by atoms with van der Waals surface area (Å²) >= 11 is 0. The van der Waals surface area contributed by atoms with Gasteiger partial charge >= 0.3 is 0 Å². The van der Waals surface area contributed by atoms with Crippen LogP contribution >= 0.6 is 0 Å². The van der Waals surface area contributed by atoms with Crippen LogP contribution in [0.5, 0.6) is 0 Å². The molecule has 2 aliphatic rings. The molecule has 4 nitrogen and oxygen atoms in total. The average molecular weight is 238 g/mol. The second kappa shape index (κ2) is 5.36. The van der Waals surface area contributed by atoms with E-state index < -0.39 is 0 Å². The van der Waals surface area contributed by atoms with Crippen molar-refractivity contribution >= 4 is 5.84 Å². The SMILES string of the molecule is CC(CC(=N)N)N1CCC2C(CCCN2C)C1. The number of hydrogen-bond donors (Lipinski definition) is 2. The Kier molecular flexibility index (Phi) is 4.05. The van der Waals surface area contributed by atoms with E-state index in [2.05, 4.69) is 23.8 Å². The highest BCUT2D eigenvalue weighted by atomic mass is 15.2. The summed E-state index contributed by atoms with van der Waals surface area (Å²) < 4.78 is 0. The maximum absolute atomic E-state index is 7.40. The second-order valence-electron chi connectivity index (χ2n) is 5.81. The molecule has 0 saturated carbocycles. The summed E-state index contributed by atoms with van der Waals surface area (Å²) in [6.45, 7) is 5.84. The van der Waals surface area contributed by atoms with Crippen molar-refractivity contribution in [1.29, 1.82) is 5.41 Å². The van der Waals surface area contributed by atoms with Gasteiger partial charge in [-0.2, -0.15) is 0 Å². The van der Waals surface area contributed by atoms with Crippen molar-refractivity contribution in [3.05, 3.63) is 0 Å². The molecule has 2 saturated heterocycles. The van der Waals surface area contributed by atoms with Gasteiger partial charge in [0.15, 0.2) is 0 Å². The molecule has 2 heterocycles. The topological polar surface area (TPSA) is 56.4 Å². The molecule has 0 radical (unpaired) electrons. The Morgan fingerprint density at radius 3 is 2.88 bits per heavy atom. The van der Waals surface area contributed by atoms with Gasteiger partial charge in [-0.25, -0.2) is 0 Å². The molecule has 3 atom stereocenters. The van der Waals surface area contributed by atoms with E-state index in [9.17, 15) is 0 Å². The number of nitrogens with zero attached hydrogens (tertiary/aromatic N) is 2. The number of nitrogens with one attached hydrogen (secondary N) is 1. The van der Waals surface area contributed by atoms with Crippen LogP contribution in [0.15, 0.2) is 0 Å². The first-order chi connectivity index (χ1) is 8.08. The zero-order valence-corrected chi connectivity index (χ0v) is 11.2. The van der Waals surface area contributed by atoms with Crippen LogP contribution < -0.4 is 5.73 Å². The van der Waals surface area contributed by atoms with Crippen LogP contribution in [-0.2, 0) is 0 Å².